The third-order valence-corrected chi connectivity index (χ3v) is 4.60. The highest BCUT2D eigenvalue weighted by atomic mass is 16.2. The second-order valence-electron chi connectivity index (χ2n) is 6.28. The summed E-state index contributed by atoms with van der Waals surface area (Å²) in [7, 11) is 0. The molecular formula is C21H20O3. The van der Waals surface area contributed by atoms with Crippen LogP contribution in [0.4, 0.5) is 0 Å². The third-order valence-electron chi connectivity index (χ3n) is 4.60. The number of Topliss-reactive ketones (excluding diaryl/α,β-unsaturated/α-hetero) is 3. The van der Waals surface area contributed by atoms with Crippen molar-refractivity contribution < 1.29 is 14.4 Å². The van der Waals surface area contributed by atoms with Crippen molar-refractivity contribution in [2.75, 3.05) is 0 Å². The molecule has 3 heteroatoms. The molecule has 1 fully saturated rings. The number of benzene rings is 2. The molecular weight excluding hydrogens is 300 g/mol. The van der Waals surface area contributed by atoms with Crippen LogP contribution in [0.5, 0.6) is 0 Å². The van der Waals surface area contributed by atoms with E-state index in [1.807, 2.05) is 60.7 Å². The topological polar surface area (TPSA) is 51.2 Å². The fraction of sp³-hybridized carbons (Fsp3) is 0.286. The molecule has 0 heterocycles. The smallest absolute Gasteiger partial charge is 0.145 e. The highest BCUT2D eigenvalue weighted by Gasteiger charge is 2.40. The van der Waals surface area contributed by atoms with E-state index in [9.17, 15) is 14.4 Å². The van der Waals surface area contributed by atoms with Gasteiger partial charge in [-0.15, -0.1) is 0 Å². The van der Waals surface area contributed by atoms with Crippen LogP contribution in [0.1, 0.15) is 36.3 Å². The Labute approximate surface area is 141 Å². The van der Waals surface area contributed by atoms with Crippen molar-refractivity contribution in [2.45, 2.75) is 31.6 Å². The molecule has 3 nitrogen and oxygen atoms in total. The summed E-state index contributed by atoms with van der Waals surface area (Å²) in [4.78, 5) is 37.8. The van der Waals surface area contributed by atoms with E-state index in [-0.39, 0.29) is 23.8 Å². The van der Waals surface area contributed by atoms with E-state index >= 15 is 0 Å². The van der Waals surface area contributed by atoms with Gasteiger partial charge in [-0.2, -0.15) is 0 Å². The fourth-order valence-electron chi connectivity index (χ4n) is 3.43. The lowest BCUT2D eigenvalue weighted by Gasteiger charge is -2.27. The summed E-state index contributed by atoms with van der Waals surface area (Å²) in [5.41, 5.74) is 1.66. The van der Waals surface area contributed by atoms with Crippen LogP contribution in [0.15, 0.2) is 60.7 Å². The van der Waals surface area contributed by atoms with Gasteiger partial charge in [-0.3, -0.25) is 14.4 Å². The van der Waals surface area contributed by atoms with E-state index in [0.717, 1.165) is 11.1 Å². The summed E-state index contributed by atoms with van der Waals surface area (Å²) in [6, 6.07) is 18.7. The van der Waals surface area contributed by atoms with Crippen molar-refractivity contribution in [2.24, 2.45) is 5.92 Å². The maximum absolute atomic E-state index is 13.0. The molecule has 0 aromatic heterocycles. The summed E-state index contributed by atoms with van der Waals surface area (Å²) in [5.74, 6) is -1.76. The zero-order valence-electron chi connectivity index (χ0n) is 13.5. The van der Waals surface area contributed by atoms with E-state index in [4.69, 9.17) is 0 Å². The van der Waals surface area contributed by atoms with E-state index in [1.165, 1.54) is 0 Å². The maximum Gasteiger partial charge on any atom is 0.145 e. The van der Waals surface area contributed by atoms with Crippen LogP contribution in [0.3, 0.4) is 0 Å². The van der Waals surface area contributed by atoms with Crippen molar-refractivity contribution in [1.82, 2.24) is 0 Å². The van der Waals surface area contributed by atoms with Gasteiger partial charge in [0.1, 0.15) is 17.3 Å². The Kier molecular flexibility index (Phi) is 4.99. The second kappa shape index (κ2) is 7.35. The van der Waals surface area contributed by atoms with Gasteiger partial charge in [-0.25, -0.2) is 0 Å². The van der Waals surface area contributed by atoms with Gasteiger partial charge >= 0.3 is 0 Å². The Hall–Kier alpha value is -2.55. The standard InChI is InChI=1S/C21H20O3/c22-17-12-7-13-18(23)21(17)20(16-10-5-2-6-11-16)19(24)14-15-8-3-1-4-9-15/h1-6,8-11,20-21H,7,12-14H2/t20-/m0/s1. The summed E-state index contributed by atoms with van der Waals surface area (Å²) < 4.78 is 0. The minimum absolute atomic E-state index is 0.0685. The summed E-state index contributed by atoms with van der Waals surface area (Å²) >= 11 is 0. The first kappa shape index (κ1) is 16.3. The number of hydrogen-bond donors (Lipinski definition) is 0. The van der Waals surface area contributed by atoms with Gasteiger partial charge in [0.25, 0.3) is 0 Å². The highest BCUT2D eigenvalue weighted by molar-refractivity contribution is 6.09. The molecule has 1 aliphatic rings. The van der Waals surface area contributed by atoms with Gasteiger partial charge in [0.15, 0.2) is 0 Å². The summed E-state index contributed by atoms with van der Waals surface area (Å²) in [5, 5.41) is 0. The lowest BCUT2D eigenvalue weighted by molar-refractivity contribution is -0.140. The largest absolute Gasteiger partial charge is 0.299 e. The van der Waals surface area contributed by atoms with Crippen molar-refractivity contribution in [3.63, 3.8) is 0 Å². The van der Waals surface area contributed by atoms with Gasteiger partial charge in [0.05, 0.1) is 11.8 Å². The molecule has 24 heavy (non-hydrogen) atoms. The van der Waals surface area contributed by atoms with Crippen molar-refractivity contribution in [1.29, 1.82) is 0 Å². The SMILES string of the molecule is O=C1CCCC(=O)C1[C@H](C(=O)Cc1ccccc1)c1ccccc1. The van der Waals surface area contributed by atoms with Crippen LogP contribution in [0.25, 0.3) is 0 Å². The molecule has 0 unspecified atom stereocenters. The fourth-order valence-corrected chi connectivity index (χ4v) is 3.43. The van der Waals surface area contributed by atoms with E-state index in [2.05, 4.69) is 0 Å². The molecule has 2 aromatic carbocycles. The second-order valence-corrected chi connectivity index (χ2v) is 6.28. The van der Waals surface area contributed by atoms with Gasteiger partial charge in [0, 0.05) is 19.3 Å². The Morgan fingerprint density at radius 2 is 1.42 bits per heavy atom. The zero-order valence-corrected chi connectivity index (χ0v) is 13.5. The molecule has 0 spiro atoms. The number of ketones is 3. The number of carbonyl (C=O) groups is 3. The van der Waals surface area contributed by atoms with E-state index < -0.39 is 11.8 Å². The lowest BCUT2D eigenvalue weighted by Crippen LogP contribution is -2.37. The Morgan fingerprint density at radius 1 is 0.875 bits per heavy atom. The molecule has 3 rings (SSSR count). The minimum atomic E-state index is -0.822. The highest BCUT2D eigenvalue weighted by Crippen LogP contribution is 2.33. The first-order chi connectivity index (χ1) is 11.7. The minimum Gasteiger partial charge on any atom is -0.299 e. The van der Waals surface area contributed by atoms with Crippen molar-refractivity contribution in [3.8, 4) is 0 Å². The molecule has 122 valence electrons. The molecule has 2 aromatic rings. The molecule has 1 atom stereocenters. The lowest BCUT2D eigenvalue weighted by atomic mass is 9.72. The molecule has 0 amide bonds. The van der Waals surface area contributed by atoms with Crippen LogP contribution < -0.4 is 0 Å². The summed E-state index contributed by atoms with van der Waals surface area (Å²) in [6.07, 6.45) is 1.61. The number of hydrogen-bond acceptors (Lipinski definition) is 3. The van der Waals surface area contributed by atoms with E-state index in [1.54, 1.807) is 0 Å². The maximum atomic E-state index is 13.0. The third kappa shape index (κ3) is 3.51. The average molecular weight is 320 g/mol. The number of carbonyl (C=O) groups excluding carboxylic acids is 3. The van der Waals surface area contributed by atoms with Gasteiger partial charge in [0.2, 0.25) is 0 Å². The Bertz CT molecular complexity index is 718. The predicted molar refractivity (Wildman–Crippen MR) is 91.7 cm³/mol. The Balaban J connectivity index is 1.94. The predicted octanol–water partition coefficient (Wildman–Crippen LogP) is 3.52. The average Bonchev–Trinajstić information content (AvgIpc) is 2.60. The molecule has 1 saturated carbocycles. The first-order valence-electron chi connectivity index (χ1n) is 8.34. The monoisotopic (exact) mass is 320 g/mol. The molecule has 0 N–H and O–H groups in total. The van der Waals surface area contributed by atoms with Crippen molar-refractivity contribution in [3.05, 3.63) is 71.8 Å². The van der Waals surface area contributed by atoms with Gasteiger partial charge in [-0.1, -0.05) is 60.7 Å². The Morgan fingerprint density at radius 3 is 2.00 bits per heavy atom. The van der Waals surface area contributed by atoms with Gasteiger partial charge in [-0.05, 0) is 17.5 Å². The molecule has 0 bridgehead atoms. The van der Waals surface area contributed by atoms with Crippen molar-refractivity contribution >= 4 is 17.3 Å². The quantitative estimate of drug-likeness (QED) is 0.792. The van der Waals surface area contributed by atoms with Crippen LogP contribution in [-0.2, 0) is 20.8 Å². The van der Waals surface area contributed by atoms with Crippen LogP contribution in [-0.4, -0.2) is 17.3 Å². The molecule has 1 aliphatic carbocycles. The molecule has 0 aliphatic heterocycles. The zero-order chi connectivity index (χ0) is 16.9. The molecule has 0 saturated heterocycles. The van der Waals surface area contributed by atoms with Crippen LogP contribution in [0, 0.1) is 5.92 Å². The van der Waals surface area contributed by atoms with Crippen LogP contribution in [0.2, 0.25) is 0 Å². The first-order valence-corrected chi connectivity index (χ1v) is 8.34. The van der Waals surface area contributed by atoms with Gasteiger partial charge < -0.3 is 0 Å². The number of rotatable bonds is 5. The van der Waals surface area contributed by atoms with Crippen LogP contribution >= 0.6 is 0 Å². The normalized spacial score (nSPS) is 16.8. The van der Waals surface area contributed by atoms with E-state index in [0.29, 0.717) is 19.3 Å². The summed E-state index contributed by atoms with van der Waals surface area (Å²) in [6.45, 7) is 0. The molecule has 0 radical (unpaired) electrons.